The number of hydroxylamine groups is 1. The van der Waals surface area contributed by atoms with Crippen LogP contribution in [-0.4, -0.2) is 83.7 Å². The Morgan fingerprint density at radius 3 is 2.58 bits per heavy atom. The number of rotatable bonds is 5. The zero-order valence-electron chi connectivity index (χ0n) is 20.6. The van der Waals surface area contributed by atoms with Crippen LogP contribution < -0.4 is 5.43 Å². The van der Waals surface area contributed by atoms with E-state index in [1.807, 2.05) is 0 Å². The lowest BCUT2D eigenvalue weighted by Crippen LogP contribution is -2.55. The summed E-state index contributed by atoms with van der Waals surface area (Å²) in [6.45, 7) is 4.24. The third-order valence-electron chi connectivity index (χ3n) is 6.88. The van der Waals surface area contributed by atoms with E-state index in [0.29, 0.717) is 35.9 Å². The van der Waals surface area contributed by atoms with E-state index in [1.165, 1.54) is 30.9 Å². The second-order valence-electron chi connectivity index (χ2n) is 9.32. The molecule has 38 heavy (non-hydrogen) atoms. The molecule has 2 atom stereocenters. The first-order valence-corrected chi connectivity index (χ1v) is 11.9. The van der Waals surface area contributed by atoms with Gasteiger partial charge in [-0.05, 0) is 43.5 Å². The highest BCUT2D eigenvalue weighted by atomic mass is 19.4. The maximum atomic E-state index is 14.7. The smallest absolute Gasteiger partial charge is 0.379 e. The van der Waals surface area contributed by atoms with Crippen LogP contribution >= 0.6 is 0 Å². The Balaban J connectivity index is 1.53. The fourth-order valence-electron chi connectivity index (χ4n) is 4.52. The molecular weight excluding hydrogens is 516 g/mol. The SMILES string of the molecule is CC1=C(Cc2ccc(F)c(C(=O)N3CCN(C4CCOC4)C(=O)C3)c2)N(OC(=O)C(F)(F)F)NC(=O)C1C. The number of alkyl halides is 3. The molecule has 3 aliphatic rings. The van der Waals surface area contributed by atoms with Gasteiger partial charge in [-0.1, -0.05) is 6.07 Å². The Labute approximate surface area is 215 Å². The monoisotopic (exact) mass is 542 g/mol. The van der Waals surface area contributed by atoms with Crippen LogP contribution in [0.15, 0.2) is 29.5 Å². The Kier molecular flexibility index (Phi) is 7.63. The van der Waals surface area contributed by atoms with Gasteiger partial charge in [0.1, 0.15) is 12.4 Å². The van der Waals surface area contributed by atoms with E-state index in [0.717, 1.165) is 6.07 Å². The zero-order valence-corrected chi connectivity index (χ0v) is 20.6. The number of carbonyl (C=O) groups excluding carboxylic acids is 4. The number of piperazine rings is 1. The predicted octanol–water partition coefficient (Wildman–Crippen LogP) is 1.72. The first kappa shape index (κ1) is 27.4. The van der Waals surface area contributed by atoms with E-state index in [4.69, 9.17) is 4.74 Å². The molecule has 1 aromatic rings. The summed E-state index contributed by atoms with van der Waals surface area (Å²) in [6.07, 6.45) is -4.80. The summed E-state index contributed by atoms with van der Waals surface area (Å²) in [5.74, 6) is -5.80. The number of benzene rings is 1. The molecule has 14 heteroatoms. The number of nitrogens with one attached hydrogen (secondary N) is 1. The Morgan fingerprint density at radius 2 is 1.95 bits per heavy atom. The minimum absolute atomic E-state index is 0.0160. The summed E-state index contributed by atoms with van der Waals surface area (Å²) in [5, 5.41) is 0.350. The maximum absolute atomic E-state index is 14.7. The highest BCUT2D eigenvalue weighted by Crippen LogP contribution is 2.28. The van der Waals surface area contributed by atoms with Gasteiger partial charge in [0.25, 0.3) is 5.91 Å². The third kappa shape index (κ3) is 5.59. The standard InChI is InChI=1S/C24H26F4N4O6/c1-13-14(2)21(34)29-32(38-23(36)24(26,27)28)19(13)10-15-3-4-18(25)17(9-15)22(35)30-6-7-31(20(33)11-30)16-5-8-37-12-16/h3-4,9,14,16H,5-8,10-12H2,1-2H3,(H,29,34). The number of hydrogen-bond donors (Lipinski definition) is 1. The number of allylic oxidation sites excluding steroid dienone is 1. The van der Waals surface area contributed by atoms with Gasteiger partial charge < -0.3 is 19.4 Å². The van der Waals surface area contributed by atoms with Crippen molar-refractivity contribution >= 4 is 23.7 Å². The maximum Gasteiger partial charge on any atom is 0.493 e. The van der Waals surface area contributed by atoms with Gasteiger partial charge in [-0.2, -0.15) is 13.2 Å². The van der Waals surface area contributed by atoms with Crippen molar-refractivity contribution in [3.05, 3.63) is 46.4 Å². The topological polar surface area (TPSA) is 108 Å². The van der Waals surface area contributed by atoms with Crippen LogP contribution in [0, 0.1) is 11.7 Å². The van der Waals surface area contributed by atoms with Crippen molar-refractivity contribution in [2.75, 3.05) is 32.8 Å². The second kappa shape index (κ2) is 10.6. The molecular formula is C24H26F4N4O6. The number of amides is 3. The highest BCUT2D eigenvalue weighted by molar-refractivity contribution is 5.97. The number of hydrogen-bond acceptors (Lipinski definition) is 7. The predicted molar refractivity (Wildman–Crippen MR) is 121 cm³/mol. The molecule has 206 valence electrons. The highest BCUT2D eigenvalue weighted by Gasteiger charge is 2.44. The number of ether oxygens (including phenoxy) is 1. The summed E-state index contributed by atoms with van der Waals surface area (Å²) in [6, 6.07) is 3.53. The number of hydrazine groups is 1. The van der Waals surface area contributed by atoms with E-state index in [9.17, 15) is 36.7 Å². The Bertz CT molecular complexity index is 1180. The lowest BCUT2D eigenvalue weighted by molar-refractivity contribution is -0.242. The van der Waals surface area contributed by atoms with Gasteiger partial charge in [0.05, 0.1) is 29.8 Å². The average Bonchev–Trinajstić information content (AvgIpc) is 3.39. The molecule has 0 radical (unpaired) electrons. The van der Waals surface area contributed by atoms with Gasteiger partial charge in [0, 0.05) is 26.1 Å². The fraction of sp³-hybridized carbons (Fsp3) is 0.500. The molecule has 3 amide bonds. The average molecular weight is 542 g/mol. The van der Waals surface area contributed by atoms with E-state index in [1.54, 1.807) is 4.90 Å². The van der Waals surface area contributed by atoms with Gasteiger partial charge in [-0.25, -0.2) is 14.6 Å². The van der Waals surface area contributed by atoms with E-state index >= 15 is 0 Å². The van der Waals surface area contributed by atoms with Crippen LogP contribution in [-0.2, 0) is 30.4 Å². The molecule has 0 aromatic heterocycles. The second-order valence-corrected chi connectivity index (χ2v) is 9.32. The molecule has 0 aliphatic carbocycles. The van der Waals surface area contributed by atoms with Crippen molar-refractivity contribution in [2.24, 2.45) is 5.92 Å². The minimum Gasteiger partial charge on any atom is -0.379 e. The number of carbonyl (C=O) groups is 4. The summed E-state index contributed by atoms with van der Waals surface area (Å²) in [5.41, 5.74) is 2.41. The third-order valence-corrected chi connectivity index (χ3v) is 6.88. The molecule has 4 rings (SSSR count). The van der Waals surface area contributed by atoms with Crippen LogP contribution in [0.4, 0.5) is 17.6 Å². The number of halogens is 4. The lowest BCUT2D eigenvalue weighted by atomic mass is 9.94. The molecule has 0 bridgehead atoms. The van der Waals surface area contributed by atoms with Crippen molar-refractivity contribution in [3.63, 3.8) is 0 Å². The van der Waals surface area contributed by atoms with Crippen LogP contribution in [0.1, 0.15) is 36.2 Å². The summed E-state index contributed by atoms with van der Waals surface area (Å²) in [4.78, 5) is 56.6. The normalized spacial score (nSPS) is 22.6. The van der Waals surface area contributed by atoms with Crippen molar-refractivity contribution in [1.29, 1.82) is 0 Å². The van der Waals surface area contributed by atoms with E-state index < -0.39 is 35.7 Å². The van der Waals surface area contributed by atoms with Crippen LogP contribution in [0.5, 0.6) is 0 Å². The Morgan fingerprint density at radius 1 is 1.21 bits per heavy atom. The molecule has 1 N–H and O–H groups in total. The fourth-order valence-corrected chi connectivity index (χ4v) is 4.52. The quantitative estimate of drug-likeness (QED) is 0.565. The van der Waals surface area contributed by atoms with Gasteiger partial charge in [0.15, 0.2) is 0 Å². The molecule has 1 aromatic carbocycles. The van der Waals surface area contributed by atoms with Crippen LogP contribution in [0.25, 0.3) is 0 Å². The van der Waals surface area contributed by atoms with E-state index in [-0.39, 0.29) is 49.3 Å². The molecule has 3 aliphatic heterocycles. The van der Waals surface area contributed by atoms with Crippen molar-refractivity contribution in [3.8, 4) is 0 Å². The van der Waals surface area contributed by atoms with E-state index in [2.05, 4.69) is 10.3 Å². The first-order valence-electron chi connectivity index (χ1n) is 11.9. The Hall–Kier alpha value is -3.68. The number of nitrogens with zero attached hydrogens (tertiary/aromatic N) is 3. The van der Waals surface area contributed by atoms with Crippen molar-refractivity contribution in [1.82, 2.24) is 20.4 Å². The summed E-state index contributed by atoms with van der Waals surface area (Å²) in [7, 11) is 0. The van der Waals surface area contributed by atoms with Gasteiger partial charge in [-0.3, -0.25) is 14.4 Å². The summed E-state index contributed by atoms with van der Waals surface area (Å²) >= 11 is 0. The van der Waals surface area contributed by atoms with Gasteiger partial charge in [-0.15, -0.1) is 5.17 Å². The molecule has 0 spiro atoms. The summed E-state index contributed by atoms with van der Waals surface area (Å²) < 4.78 is 58.4. The van der Waals surface area contributed by atoms with Gasteiger partial charge in [0.2, 0.25) is 11.8 Å². The van der Waals surface area contributed by atoms with Crippen molar-refractivity contribution < 1.29 is 46.3 Å². The van der Waals surface area contributed by atoms with Gasteiger partial charge >= 0.3 is 12.1 Å². The molecule has 2 fully saturated rings. The molecule has 2 saturated heterocycles. The molecule has 3 heterocycles. The zero-order chi connectivity index (χ0) is 27.8. The minimum atomic E-state index is -5.31. The lowest BCUT2D eigenvalue weighted by Gasteiger charge is -2.37. The molecule has 0 saturated carbocycles. The molecule has 10 nitrogen and oxygen atoms in total. The van der Waals surface area contributed by atoms with Crippen molar-refractivity contribution in [2.45, 2.75) is 38.9 Å². The first-order chi connectivity index (χ1) is 17.9. The van der Waals surface area contributed by atoms with Crippen LogP contribution in [0.3, 0.4) is 0 Å². The molecule has 2 unspecified atom stereocenters. The van der Waals surface area contributed by atoms with Crippen LogP contribution in [0.2, 0.25) is 0 Å². The largest absolute Gasteiger partial charge is 0.493 e.